The van der Waals surface area contributed by atoms with Gasteiger partial charge in [-0.15, -0.1) is 0 Å². The van der Waals surface area contributed by atoms with E-state index in [0.717, 1.165) is 22.3 Å². The molecule has 0 unspecified atom stereocenters. The lowest BCUT2D eigenvalue weighted by atomic mass is 10.1. The summed E-state index contributed by atoms with van der Waals surface area (Å²) in [4.78, 5) is 21.7. The first-order valence-electron chi connectivity index (χ1n) is 9.40. The van der Waals surface area contributed by atoms with Crippen molar-refractivity contribution in [1.29, 1.82) is 0 Å². The van der Waals surface area contributed by atoms with Gasteiger partial charge in [-0.25, -0.2) is 4.98 Å². The molecule has 1 N–H and O–H groups in total. The number of carbonyl (C=O) groups is 1. The molecule has 0 bridgehead atoms. The molecule has 0 aliphatic rings. The number of Topliss-reactive ketones (excluding diaryl/α,β-unsaturated/α-hetero) is 1. The highest BCUT2D eigenvalue weighted by Crippen LogP contribution is 2.32. The average molecular weight is 401 g/mol. The van der Waals surface area contributed by atoms with Crippen LogP contribution < -0.4 is 4.74 Å². The zero-order valence-electron chi connectivity index (χ0n) is 16.0. The van der Waals surface area contributed by atoms with Crippen molar-refractivity contribution in [3.63, 3.8) is 0 Å². The van der Waals surface area contributed by atoms with Crippen LogP contribution in [0.5, 0.6) is 5.75 Å². The zero-order valence-corrected chi connectivity index (χ0v) is 16.8. The van der Waals surface area contributed by atoms with Gasteiger partial charge in [-0.05, 0) is 43.0 Å². The highest BCUT2D eigenvalue weighted by Gasteiger charge is 2.17. The van der Waals surface area contributed by atoms with Gasteiger partial charge < -0.3 is 9.72 Å². The molecule has 0 amide bonds. The fourth-order valence-electron chi connectivity index (χ4n) is 2.98. The predicted molar refractivity (Wildman–Crippen MR) is 118 cm³/mol. The number of thioether (sulfide) groups is 1. The number of aromatic nitrogens is 2. The van der Waals surface area contributed by atoms with Crippen molar-refractivity contribution in [2.45, 2.75) is 12.1 Å². The maximum Gasteiger partial charge on any atom is 0.199 e. The molecule has 4 rings (SSSR count). The molecule has 0 fully saturated rings. The first-order chi connectivity index (χ1) is 14.2. The number of hydrogen-bond acceptors (Lipinski definition) is 4. The van der Waals surface area contributed by atoms with Crippen molar-refractivity contribution in [1.82, 2.24) is 9.97 Å². The Bertz CT molecular complexity index is 1130. The van der Waals surface area contributed by atoms with Gasteiger partial charge in [0.2, 0.25) is 0 Å². The summed E-state index contributed by atoms with van der Waals surface area (Å²) < 4.78 is 5.73. The number of ketones is 1. The molecule has 0 atom stereocenters. The molecule has 0 radical (unpaired) electrons. The van der Waals surface area contributed by atoms with Crippen molar-refractivity contribution in [3.05, 3.63) is 94.9 Å². The third-order valence-corrected chi connectivity index (χ3v) is 5.25. The Hall–Kier alpha value is -3.31. The van der Waals surface area contributed by atoms with E-state index in [0.29, 0.717) is 22.2 Å². The SMILES string of the molecule is CCOc1ccccc1/C=C(/Sc1nc2ccccc2[nH]1)C(=O)c1ccccc1. The molecule has 0 saturated heterocycles. The number of benzene rings is 3. The van der Waals surface area contributed by atoms with Crippen LogP contribution in [0.4, 0.5) is 0 Å². The molecule has 4 aromatic rings. The maximum absolute atomic E-state index is 13.3. The van der Waals surface area contributed by atoms with Crippen LogP contribution in [0.25, 0.3) is 17.1 Å². The molecule has 0 aliphatic carbocycles. The van der Waals surface area contributed by atoms with Gasteiger partial charge in [-0.2, -0.15) is 0 Å². The maximum atomic E-state index is 13.3. The van der Waals surface area contributed by atoms with Gasteiger partial charge in [0, 0.05) is 11.1 Å². The number of carbonyl (C=O) groups excluding carboxylic acids is 1. The molecular formula is C24H20N2O2S. The van der Waals surface area contributed by atoms with Crippen molar-refractivity contribution in [2.75, 3.05) is 6.61 Å². The second-order valence-corrected chi connectivity index (χ2v) is 7.37. The van der Waals surface area contributed by atoms with Gasteiger partial charge in [0.25, 0.3) is 0 Å². The smallest absolute Gasteiger partial charge is 0.199 e. The quantitative estimate of drug-likeness (QED) is 0.236. The van der Waals surface area contributed by atoms with Crippen LogP contribution in [0, 0.1) is 0 Å². The number of aromatic amines is 1. The van der Waals surface area contributed by atoms with Gasteiger partial charge in [0.05, 0.1) is 22.5 Å². The predicted octanol–water partition coefficient (Wildman–Crippen LogP) is 5.98. The third kappa shape index (κ3) is 4.41. The first-order valence-corrected chi connectivity index (χ1v) is 10.2. The summed E-state index contributed by atoms with van der Waals surface area (Å²) in [5.74, 6) is 0.695. The molecule has 0 aliphatic heterocycles. The van der Waals surface area contributed by atoms with E-state index in [-0.39, 0.29) is 5.78 Å². The van der Waals surface area contributed by atoms with Crippen molar-refractivity contribution < 1.29 is 9.53 Å². The van der Waals surface area contributed by atoms with E-state index in [1.165, 1.54) is 11.8 Å². The molecular weight excluding hydrogens is 380 g/mol. The fraction of sp³-hybridized carbons (Fsp3) is 0.0833. The van der Waals surface area contributed by atoms with E-state index in [1.807, 2.05) is 91.9 Å². The third-order valence-electron chi connectivity index (χ3n) is 4.34. The van der Waals surface area contributed by atoms with E-state index >= 15 is 0 Å². The van der Waals surface area contributed by atoms with Gasteiger partial charge in [-0.1, -0.05) is 60.7 Å². The number of rotatable bonds is 7. The lowest BCUT2D eigenvalue weighted by Gasteiger charge is -2.09. The van der Waals surface area contributed by atoms with Crippen LogP contribution in [-0.4, -0.2) is 22.4 Å². The summed E-state index contributed by atoms with van der Waals surface area (Å²) in [7, 11) is 0. The van der Waals surface area contributed by atoms with Crippen molar-refractivity contribution >= 4 is 34.7 Å². The minimum absolute atomic E-state index is 0.0534. The average Bonchev–Trinajstić information content (AvgIpc) is 3.17. The van der Waals surface area contributed by atoms with Crippen LogP contribution in [-0.2, 0) is 0 Å². The van der Waals surface area contributed by atoms with Crippen LogP contribution in [0.1, 0.15) is 22.8 Å². The molecule has 1 aromatic heterocycles. The minimum Gasteiger partial charge on any atom is -0.493 e. The molecule has 29 heavy (non-hydrogen) atoms. The second-order valence-electron chi connectivity index (χ2n) is 6.34. The lowest BCUT2D eigenvalue weighted by Crippen LogP contribution is -2.02. The van der Waals surface area contributed by atoms with Gasteiger partial charge >= 0.3 is 0 Å². The van der Waals surface area contributed by atoms with Gasteiger partial charge in [0.15, 0.2) is 10.9 Å². The number of ether oxygens (including phenoxy) is 1. The molecule has 0 spiro atoms. The number of imidazole rings is 1. The minimum atomic E-state index is -0.0534. The van der Waals surface area contributed by atoms with E-state index < -0.39 is 0 Å². The number of hydrogen-bond donors (Lipinski definition) is 1. The molecule has 3 aromatic carbocycles. The summed E-state index contributed by atoms with van der Waals surface area (Å²) >= 11 is 1.33. The van der Waals surface area contributed by atoms with Crippen molar-refractivity contribution in [2.24, 2.45) is 0 Å². The summed E-state index contributed by atoms with van der Waals surface area (Å²) in [6, 6.07) is 24.8. The summed E-state index contributed by atoms with van der Waals surface area (Å²) in [5, 5.41) is 0.677. The zero-order chi connectivity index (χ0) is 20.1. The van der Waals surface area contributed by atoms with Gasteiger partial charge in [-0.3, -0.25) is 4.79 Å². The second kappa shape index (κ2) is 8.80. The molecule has 1 heterocycles. The topological polar surface area (TPSA) is 55.0 Å². The summed E-state index contributed by atoms with van der Waals surface area (Å²) in [6.07, 6.45) is 1.87. The number of fused-ring (bicyclic) bond motifs is 1. The Labute approximate surface area is 173 Å². The highest BCUT2D eigenvalue weighted by molar-refractivity contribution is 8.04. The summed E-state index contributed by atoms with van der Waals surface area (Å²) in [6.45, 7) is 2.50. The number of H-pyrrole nitrogens is 1. The Kier molecular flexibility index (Phi) is 5.77. The molecule has 0 saturated carbocycles. The molecule has 5 heteroatoms. The number of nitrogens with zero attached hydrogens (tertiary/aromatic N) is 1. The standard InChI is InChI=1S/C24H20N2O2S/c1-2-28-21-15-9-6-12-18(21)16-22(23(27)17-10-4-3-5-11-17)29-24-25-19-13-7-8-14-20(19)26-24/h3-16H,2H2,1H3,(H,25,26)/b22-16+. The summed E-state index contributed by atoms with van der Waals surface area (Å²) in [5.41, 5.74) is 3.31. The Morgan fingerprint density at radius 3 is 2.52 bits per heavy atom. The Morgan fingerprint density at radius 1 is 1.00 bits per heavy atom. The van der Waals surface area contributed by atoms with Crippen LogP contribution in [0.3, 0.4) is 0 Å². The fourth-order valence-corrected chi connectivity index (χ4v) is 3.89. The van der Waals surface area contributed by atoms with Crippen LogP contribution in [0.15, 0.2) is 88.9 Å². The van der Waals surface area contributed by atoms with E-state index in [2.05, 4.69) is 9.97 Å². The molecule has 4 nitrogen and oxygen atoms in total. The highest BCUT2D eigenvalue weighted by atomic mass is 32.2. The van der Waals surface area contributed by atoms with Crippen molar-refractivity contribution in [3.8, 4) is 5.75 Å². The number of para-hydroxylation sites is 3. The van der Waals surface area contributed by atoms with Crippen LogP contribution >= 0.6 is 11.8 Å². The lowest BCUT2D eigenvalue weighted by molar-refractivity contribution is 0.104. The first kappa shape index (κ1) is 19.0. The van der Waals surface area contributed by atoms with E-state index in [1.54, 1.807) is 0 Å². The van der Waals surface area contributed by atoms with Crippen LogP contribution in [0.2, 0.25) is 0 Å². The van der Waals surface area contributed by atoms with Gasteiger partial charge in [0.1, 0.15) is 5.75 Å². The Balaban J connectivity index is 1.76. The molecule has 144 valence electrons. The number of allylic oxidation sites excluding steroid dienone is 1. The Morgan fingerprint density at radius 2 is 1.72 bits per heavy atom. The number of nitrogens with one attached hydrogen (secondary N) is 1. The van der Waals surface area contributed by atoms with E-state index in [4.69, 9.17) is 4.74 Å². The largest absolute Gasteiger partial charge is 0.493 e. The normalized spacial score (nSPS) is 11.6. The monoisotopic (exact) mass is 400 g/mol. The van der Waals surface area contributed by atoms with E-state index in [9.17, 15) is 4.79 Å².